The molecule has 0 bridgehead atoms. The highest BCUT2D eigenvalue weighted by Gasteiger charge is 2.15. The van der Waals surface area contributed by atoms with E-state index >= 15 is 0 Å². The van der Waals surface area contributed by atoms with E-state index in [1.54, 1.807) is 11.9 Å². The van der Waals surface area contributed by atoms with Crippen molar-refractivity contribution in [3.8, 4) is 0 Å². The Labute approximate surface area is 115 Å². The van der Waals surface area contributed by atoms with E-state index in [1.807, 2.05) is 55.5 Å². The molecule has 0 aromatic heterocycles. The highest BCUT2D eigenvalue weighted by Crippen LogP contribution is 2.27. The third kappa shape index (κ3) is 2.62. The van der Waals surface area contributed by atoms with Gasteiger partial charge in [0.1, 0.15) is 0 Å². The molecule has 0 saturated carbocycles. The fraction of sp³-hybridized carbons (Fsp3) is 0.133. The summed E-state index contributed by atoms with van der Waals surface area (Å²) in [6.45, 7) is 2.02. The van der Waals surface area contributed by atoms with Gasteiger partial charge >= 0.3 is 0 Å². The normalized spacial score (nSPS) is 10.2. The molecule has 0 spiro atoms. The monoisotopic (exact) mass is 303 g/mol. The lowest BCUT2D eigenvalue weighted by Gasteiger charge is -2.19. The number of hydrogen-bond donors (Lipinski definition) is 0. The van der Waals surface area contributed by atoms with Gasteiger partial charge in [0.05, 0.1) is 5.69 Å². The van der Waals surface area contributed by atoms with Gasteiger partial charge < -0.3 is 4.90 Å². The first-order valence-corrected chi connectivity index (χ1v) is 6.48. The SMILES string of the molecule is Cc1ccc(N(C)C(=O)c2ccccc2)c(Br)c1. The van der Waals surface area contributed by atoms with Gasteiger partial charge in [0.25, 0.3) is 5.91 Å². The van der Waals surface area contributed by atoms with Gasteiger partial charge in [0, 0.05) is 17.1 Å². The number of carbonyl (C=O) groups is 1. The van der Waals surface area contributed by atoms with Gasteiger partial charge in [-0.2, -0.15) is 0 Å². The standard InChI is InChI=1S/C15H14BrNO/c1-11-8-9-14(13(16)10-11)17(2)15(18)12-6-4-3-5-7-12/h3-10H,1-2H3. The second-order valence-electron chi connectivity index (χ2n) is 4.19. The molecule has 0 aliphatic carbocycles. The minimum Gasteiger partial charge on any atom is -0.310 e. The average Bonchev–Trinajstić information content (AvgIpc) is 2.38. The Balaban J connectivity index is 2.31. The van der Waals surface area contributed by atoms with E-state index in [2.05, 4.69) is 15.9 Å². The number of benzene rings is 2. The van der Waals surface area contributed by atoms with Gasteiger partial charge in [-0.25, -0.2) is 0 Å². The summed E-state index contributed by atoms with van der Waals surface area (Å²) >= 11 is 3.49. The molecule has 2 aromatic carbocycles. The largest absolute Gasteiger partial charge is 0.310 e. The molecule has 0 N–H and O–H groups in total. The van der Waals surface area contributed by atoms with Crippen LogP contribution < -0.4 is 4.90 Å². The molecule has 2 aromatic rings. The summed E-state index contributed by atoms with van der Waals surface area (Å²) in [5.74, 6) is -0.0137. The number of hydrogen-bond acceptors (Lipinski definition) is 1. The molecule has 1 amide bonds. The van der Waals surface area contributed by atoms with Crippen LogP contribution in [0.3, 0.4) is 0 Å². The number of halogens is 1. The number of rotatable bonds is 2. The maximum atomic E-state index is 12.3. The van der Waals surface area contributed by atoms with Crippen LogP contribution in [0, 0.1) is 6.92 Å². The summed E-state index contributed by atoms with van der Waals surface area (Å²) in [6, 6.07) is 15.2. The van der Waals surface area contributed by atoms with Crippen molar-refractivity contribution < 1.29 is 4.79 Å². The first-order valence-electron chi connectivity index (χ1n) is 5.69. The fourth-order valence-corrected chi connectivity index (χ4v) is 2.53. The molecule has 0 saturated heterocycles. The number of nitrogens with zero attached hydrogens (tertiary/aromatic N) is 1. The lowest BCUT2D eigenvalue weighted by Crippen LogP contribution is -2.26. The minimum atomic E-state index is -0.0137. The van der Waals surface area contributed by atoms with E-state index in [-0.39, 0.29) is 5.91 Å². The predicted molar refractivity (Wildman–Crippen MR) is 78.1 cm³/mol. The summed E-state index contributed by atoms with van der Waals surface area (Å²) < 4.78 is 0.925. The highest BCUT2D eigenvalue weighted by molar-refractivity contribution is 9.10. The summed E-state index contributed by atoms with van der Waals surface area (Å²) in [5, 5.41) is 0. The molecule has 0 aliphatic heterocycles. The zero-order valence-electron chi connectivity index (χ0n) is 10.4. The van der Waals surface area contributed by atoms with Gasteiger partial charge in [-0.3, -0.25) is 4.79 Å². The smallest absolute Gasteiger partial charge is 0.258 e. The maximum absolute atomic E-state index is 12.3. The molecule has 18 heavy (non-hydrogen) atoms. The number of anilines is 1. The summed E-state index contributed by atoms with van der Waals surface area (Å²) in [5.41, 5.74) is 2.72. The third-order valence-corrected chi connectivity index (χ3v) is 3.43. The Hall–Kier alpha value is -1.61. The summed E-state index contributed by atoms with van der Waals surface area (Å²) in [7, 11) is 1.78. The number of aryl methyl sites for hydroxylation is 1. The minimum absolute atomic E-state index is 0.0137. The van der Waals surface area contributed by atoms with Crippen molar-refractivity contribution in [3.63, 3.8) is 0 Å². The molecule has 0 fully saturated rings. The van der Waals surface area contributed by atoms with Crippen molar-refractivity contribution in [3.05, 3.63) is 64.1 Å². The van der Waals surface area contributed by atoms with Crippen LogP contribution >= 0.6 is 15.9 Å². The maximum Gasteiger partial charge on any atom is 0.258 e. The van der Waals surface area contributed by atoms with Crippen LogP contribution in [0.4, 0.5) is 5.69 Å². The second-order valence-corrected chi connectivity index (χ2v) is 5.04. The summed E-state index contributed by atoms with van der Waals surface area (Å²) in [6.07, 6.45) is 0. The van der Waals surface area contributed by atoms with Crippen LogP contribution in [0.1, 0.15) is 15.9 Å². The van der Waals surface area contributed by atoms with E-state index in [0.717, 1.165) is 15.7 Å². The number of carbonyl (C=O) groups excluding carboxylic acids is 1. The van der Waals surface area contributed by atoms with E-state index in [0.29, 0.717) is 5.56 Å². The van der Waals surface area contributed by atoms with Crippen molar-refractivity contribution in [1.82, 2.24) is 0 Å². The fourth-order valence-electron chi connectivity index (χ4n) is 1.77. The van der Waals surface area contributed by atoms with Gasteiger partial charge in [-0.05, 0) is 52.7 Å². The van der Waals surface area contributed by atoms with Gasteiger partial charge in [-0.1, -0.05) is 24.3 Å². The Morgan fingerprint density at radius 1 is 1.11 bits per heavy atom. The topological polar surface area (TPSA) is 20.3 Å². The molecular formula is C15H14BrNO. The first-order chi connectivity index (χ1) is 8.59. The molecular weight excluding hydrogens is 290 g/mol. The second kappa shape index (κ2) is 5.36. The molecule has 0 aliphatic rings. The van der Waals surface area contributed by atoms with Crippen molar-refractivity contribution in [2.24, 2.45) is 0 Å². The van der Waals surface area contributed by atoms with Gasteiger partial charge in [-0.15, -0.1) is 0 Å². The molecule has 2 nitrogen and oxygen atoms in total. The van der Waals surface area contributed by atoms with Gasteiger partial charge in [0.2, 0.25) is 0 Å². The molecule has 92 valence electrons. The van der Waals surface area contributed by atoms with E-state index < -0.39 is 0 Å². The van der Waals surface area contributed by atoms with Crippen LogP contribution in [0.2, 0.25) is 0 Å². The first kappa shape index (κ1) is 12.8. The van der Waals surface area contributed by atoms with Crippen molar-refractivity contribution in [2.75, 3.05) is 11.9 Å². The quantitative estimate of drug-likeness (QED) is 0.820. The number of amides is 1. The van der Waals surface area contributed by atoms with E-state index in [4.69, 9.17) is 0 Å². The molecule has 0 radical (unpaired) electrons. The van der Waals surface area contributed by atoms with Crippen LogP contribution in [0.15, 0.2) is 53.0 Å². The lowest BCUT2D eigenvalue weighted by molar-refractivity contribution is 0.0993. The van der Waals surface area contributed by atoms with Gasteiger partial charge in [0.15, 0.2) is 0 Å². The Morgan fingerprint density at radius 3 is 2.39 bits per heavy atom. The Bertz CT molecular complexity index is 566. The highest BCUT2D eigenvalue weighted by atomic mass is 79.9. The van der Waals surface area contributed by atoms with E-state index in [9.17, 15) is 4.79 Å². The van der Waals surface area contributed by atoms with Crippen LogP contribution in [-0.2, 0) is 0 Å². The molecule has 2 rings (SSSR count). The average molecular weight is 304 g/mol. The van der Waals surface area contributed by atoms with Crippen LogP contribution in [0.25, 0.3) is 0 Å². The van der Waals surface area contributed by atoms with Crippen LogP contribution in [0.5, 0.6) is 0 Å². The van der Waals surface area contributed by atoms with Crippen LogP contribution in [-0.4, -0.2) is 13.0 Å². The Morgan fingerprint density at radius 2 is 1.78 bits per heavy atom. The van der Waals surface area contributed by atoms with Crippen molar-refractivity contribution in [2.45, 2.75) is 6.92 Å². The van der Waals surface area contributed by atoms with E-state index in [1.165, 1.54) is 0 Å². The lowest BCUT2D eigenvalue weighted by atomic mass is 10.1. The van der Waals surface area contributed by atoms with Crippen molar-refractivity contribution in [1.29, 1.82) is 0 Å². The molecule has 0 atom stereocenters. The third-order valence-electron chi connectivity index (χ3n) is 2.79. The Kier molecular flexibility index (Phi) is 3.82. The molecule has 0 unspecified atom stereocenters. The zero-order valence-corrected chi connectivity index (χ0v) is 11.9. The molecule has 0 heterocycles. The van der Waals surface area contributed by atoms with Crippen molar-refractivity contribution >= 4 is 27.5 Å². The zero-order chi connectivity index (χ0) is 13.1. The summed E-state index contributed by atoms with van der Waals surface area (Å²) in [4.78, 5) is 13.9. The molecule has 3 heteroatoms. The predicted octanol–water partition coefficient (Wildman–Crippen LogP) is 4.03.